The average Bonchev–Trinajstić information content (AvgIpc) is 3.28. The Hall–Kier alpha value is -1.46. The lowest BCUT2D eigenvalue weighted by Crippen LogP contribution is -2.16. The Morgan fingerprint density at radius 1 is 1.30 bits per heavy atom. The lowest BCUT2D eigenvalue weighted by molar-refractivity contribution is 0.291. The summed E-state index contributed by atoms with van der Waals surface area (Å²) in [5, 5.41) is 3.42. The predicted octanol–water partition coefficient (Wildman–Crippen LogP) is 3.07. The molecule has 0 amide bonds. The molecule has 0 radical (unpaired) electrons. The zero-order valence-corrected chi connectivity index (χ0v) is 12.6. The van der Waals surface area contributed by atoms with Crippen LogP contribution in [0.3, 0.4) is 0 Å². The van der Waals surface area contributed by atoms with Crippen LogP contribution >= 0.6 is 15.9 Å². The van der Waals surface area contributed by atoms with Gasteiger partial charge in [0, 0.05) is 23.3 Å². The molecule has 1 aliphatic carbocycles. The summed E-state index contributed by atoms with van der Waals surface area (Å²) in [4.78, 5) is 8.63. The zero-order valence-electron chi connectivity index (χ0n) is 11.1. The summed E-state index contributed by atoms with van der Waals surface area (Å²) in [5.41, 5.74) is 2.02. The summed E-state index contributed by atoms with van der Waals surface area (Å²) in [7, 11) is 0. The first-order chi connectivity index (χ1) is 9.79. The second-order valence-electron chi connectivity index (χ2n) is 4.92. The normalized spacial score (nSPS) is 14.2. The smallest absolute Gasteiger partial charge is 0.232 e. The van der Waals surface area contributed by atoms with E-state index in [0.717, 1.165) is 22.3 Å². The highest BCUT2D eigenvalue weighted by Crippen LogP contribution is 2.19. The molecule has 0 aliphatic heterocycles. The predicted molar refractivity (Wildman–Crippen MR) is 80.4 cm³/mol. The SMILES string of the molecule is Brc1cccc(COc2cncc(CNC3CC3)n2)c1. The van der Waals surface area contributed by atoms with E-state index in [1.165, 1.54) is 12.8 Å². The van der Waals surface area contributed by atoms with Crippen molar-refractivity contribution in [3.8, 4) is 5.88 Å². The fourth-order valence-electron chi connectivity index (χ4n) is 1.86. The summed E-state index contributed by atoms with van der Waals surface area (Å²) in [6.45, 7) is 1.25. The van der Waals surface area contributed by atoms with Crippen molar-refractivity contribution in [2.45, 2.75) is 32.0 Å². The molecule has 3 rings (SSSR count). The Labute approximate surface area is 126 Å². The maximum absolute atomic E-state index is 5.69. The molecule has 5 heteroatoms. The summed E-state index contributed by atoms with van der Waals surface area (Å²) >= 11 is 3.45. The van der Waals surface area contributed by atoms with Crippen molar-refractivity contribution in [1.29, 1.82) is 0 Å². The van der Waals surface area contributed by atoms with Gasteiger partial charge in [-0.05, 0) is 30.5 Å². The molecule has 0 spiro atoms. The van der Waals surface area contributed by atoms with Crippen LogP contribution in [-0.2, 0) is 13.2 Å². The molecule has 20 heavy (non-hydrogen) atoms. The summed E-state index contributed by atoms with van der Waals surface area (Å²) in [6, 6.07) is 8.71. The van der Waals surface area contributed by atoms with Gasteiger partial charge in [-0.2, -0.15) is 0 Å². The molecule has 1 heterocycles. The molecule has 0 saturated heterocycles. The van der Waals surface area contributed by atoms with Gasteiger partial charge in [0.1, 0.15) is 6.61 Å². The molecule has 0 unspecified atom stereocenters. The molecule has 1 aromatic carbocycles. The van der Waals surface area contributed by atoms with Gasteiger partial charge < -0.3 is 10.1 Å². The van der Waals surface area contributed by atoms with E-state index >= 15 is 0 Å². The number of hydrogen-bond acceptors (Lipinski definition) is 4. The molecular formula is C15H16BrN3O. The molecule has 0 atom stereocenters. The Morgan fingerprint density at radius 3 is 3.00 bits per heavy atom. The lowest BCUT2D eigenvalue weighted by atomic mass is 10.2. The van der Waals surface area contributed by atoms with Crippen molar-refractivity contribution >= 4 is 15.9 Å². The van der Waals surface area contributed by atoms with E-state index in [9.17, 15) is 0 Å². The number of ether oxygens (including phenoxy) is 1. The molecule has 2 aromatic rings. The van der Waals surface area contributed by atoms with Crippen LogP contribution in [0.15, 0.2) is 41.1 Å². The summed E-state index contributed by atoms with van der Waals surface area (Å²) in [5.74, 6) is 0.570. The van der Waals surface area contributed by atoms with Crippen molar-refractivity contribution < 1.29 is 4.74 Å². The van der Waals surface area contributed by atoms with Crippen LogP contribution in [0.5, 0.6) is 5.88 Å². The minimum Gasteiger partial charge on any atom is -0.472 e. The van der Waals surface area contributed by atoms with E-state index in [-0.39, 0.29) is 0 Å². The van der Waals surface area contributed by atoms with Gasteiger partial charge in [-0.1, -0.05) is 28.1 Å². The first-order valence-corrected chi connectivity index (χ1v) is 7.50. The van der Waals surface area contributed by atoms with Gasteiger partial charge in [0.2, 0.25) is 5.88 Å². The van der Waals surface area contributed by atoms with E-state index in [1.54, 1.807) is 12.4 Å². The Bertz CT molecular complexity index is 587. The van der Waals surface area contributed by atoms with Crippen LogP contribution in [0.25, 0.3) is 0 Å². The molecule has 1 N–H and O–H groups in total. The summed E-state index contributed by atoms with van der Waals surface area (Å²) < 4.78 is 6.74. The molecule has 104 valence electrons. The molecule has 1 fully saturated rings. The highest BCUT2D eigenvalue weighted by atomic mass is 79.9. The molecule has 1 aromatic heterocycles. The van der Waals surface area contributed by atoms with Crippen molar-refractivity contribution in [2.24, 2.45) is 0 Å². The first-order valence-electron chi connectivity index (χ1n) is 6.71. The van der Waals surface area contributed by atoms with Crippen molar-refractivity contribution in [3.63, 3.8) is 0 Å². The van der Waals surface area contributed by atoms with Crippen LogP contribution < -0.4 is 10.1 Å². The maximum atomic E-state index is 5.69. The standard InChI is InChI=1S/C15H16BrN3O/c16-12-3-1-2-11(6-12)10-20-15-9-17-7-14(19-15)8-18-13-4-5-13/h1-3,6-7,9,13,18H,4-5,8,10H2. The lowest BCUT2D eigenvalue weighted by Gasteiger charge is -2.07. The van der Waals surface area contributed by atoms with Crippen molar-refractivity contribution in [1.82, 2.24) is 15.3 Å². The Balaban J connectivity index is 1.57. The van der Waals surface area contributed by atoms with Gasteiger partial charge in [0.15, 0.2) is 0 Å². The molecule has 1 aliphatic rings. The first kappa shape index (κ1) is 13.5. The average molecular weight is 334 g/mol. The minimum absolute atomic E-state index is 0.494. The third-order valence-electron chi connectivity index (χ3n) is 3.09. The van der Waals surface area contributed by atoms with Gasteiger partial charge in [-0.3, -0.25) is 4.98 Å². The quantitative estimate of drug-likeness (QED) is 0.882. The number of rotatable bonds is 6. The Kier molecular flexibility index (Phi) is 4.28. The van der Waals surface area contributed by atoms with Crippen molar-refractivity contribution in [2.75, 3.05) is 0 Å². The van der Waals surface area contributed by atoms with Crippen molar-refractivity contribution in [3.05, 3.63) is 52.4 Å². The number of aromatic nitrogens is 2. The third-order valence-corrected chi connectivity index (χ3v) is 3.58. The van der Waals surface area contributed by atoms with E-state index in [0.29, 0.717) is 18.5 Å². The second-order valence-corrected chi connectivity index (χ2v) is 5.84. The number of nitrogens with one attached hydrogen (secondary N) is 1. The van der Waals surface area contributed by atoms with Gasteiger partial charge in [-0.15, -0.1) is 0 Å². The molecule has 4 nitrogen and oxygen atoms in total. The van der Waals surface area contributed by atoms with Crippen LogP contribution in [0.2, 0.25) is 0 Å². The van der Waals surface area contributed by atoms with Gasteiger partial charge in [0.25, 0.3) is 0 Å². The van der Waals surface area contributed by atoms with E-state index < -0.39 is 0 Å². The van der Waals surface area contributed by atoms with Crippen LogP contribution in [0.4, 0.5) is 0 Å². The molecular weight excluding hydrogens is 318 g/mol. The second kappa shape index (κ2) is 6.33. The Morgan fingerprint density at radius 2 is 2.20 bits per heavy atom. The number of hydrogen-bond donors (Lipinski definition) is 1. The van der Waals surface area contributed by atoms with Crippen LogP contribution in [-0.4, -0.2) is 16.0 Å². The highest BCUT2D eigenvalue weighted by molar-refractivity contribution is 9.10. The topological polar surface area (TPSA) is 47.0 Å². The van der Waals surface area contributed by atoms with E-state index in [2.05, 4.69) is 31.2 Å². The van der Waals surface area contributed by atoms with E-state index in [4.69, 9.17) is 4.74 Å². The molecule has 0 bridgehead atoms. The van der Waals surface area contributed by atoms with Crippen LogP contribution in [0, 0.1) is 0 Å². The number of halogens is 1. The van der Waals surface area contributed by atoms with Gasteiger partial charge in [-0.25, -0.2) is 4.98 Å². The van der Waals surface area contributed by atoms with Gasteiger partial charge >= 0.3 is 0 Å². The van der Waals surface area contributed by atoms with Crippen LogP contribution in [0.1, 0.15) is 24.1 Å². The molecule has 1 saturated carbocycles. The number of benzene rings is 1. The summed E-state index contributed by atoms with van der Waals surface area (Å²) in [6.07, 6.45) is 5.97. The number of nitrogens with zero attached hydrogens (tertiary/aromatic N) is 2. The fraction of sp³-hybridized carbons (Fsp3) is 0.333. The van der Waals surface area contributed by atoms with E-state index in [1.807, 2.05) is 24.3 Å². The zero-order chi connectivity index (χ0) is 13.8. The fourth-order valence-corrected chi connectivity index (χ4v) is 2.31. The van der Waals surface area contributed by atoms with Gasteiger partial charge in [0.05, 0.1) is 11.9 Å². The minimum atomic E-state index is 0.494. The highest BCUT2D eigenvalue weighted by Gasteiger charge is 2.20. The largest absolute Gasteiger partial charge is 0.472 e. The third kappa shape index (κ3) is 4.02. The monoisotopic (exact) mass is 333 g/mol. The maximum Gasteiger partial charge on any atom is 0.232 e.